The first-order valence-electron chi connectivity index (χ1n) is 10.5. The molecule has 1 unspecified atom stereocenters. The van der Waals surface area contributed by atoms with E-state index >= 15 is 0 Å². The maximum Gasteiger partial charge on any atom is 0.295 e. The number of nitrogens with zero attached hydrogens (tertiary/aromatic N) is 2. The van der Waals surface area contributed by atoms with Gasteiger partial charge in [-0.25, -0.2) is 0 Å². The highest BCUT2D eigenvalue weighted by atomic mass is 35.5. The molecule has 1 fully saturated rings. The number of aliphatic hydroxyl groups excluding tert-OH is 1. The summed E-state index contributed by atoms with van der Waals surface area (Å²) in [5.74, 6) is -1.78. The quantitative estimate of drug-likeness (QED) is 0.281. The maximum absolute atomic E-state index is 13.3. The molecule has 1 aromatic heterocycles. The molecule has 4 rings (SSSR count). The van der Waals surface area contributed by atoms with Crippen molar-refractivity contribution in [2.24, 2.45) is 0 Å². The maximum atomic E-state index is 13.3. The number of amides is 1. The van der Waals surface area contributed by atoms with Gasteiger partial charge in [0.15, 0.2) is 0 Å². The van der Waals surface area contributed by atoms with E-state index in [1.165, 1.54) is 24.1 Å². The van der Waals surface area contributed by atoms with Crippen molar-refractivity contribution in [3.8, 4) is 5.75 Å². The molecule has 1 amide bonds. The highest BCUT2D eigenvalue weighted by molar-refractivity contribution is 6.46. The molecule has 2 aromatic carbocycles. The fourth-order valence-electron chi connectivity index (χ4n) is 4.18. The third kappa shape index (κ3) is 4.27. The van der Waals surface area contributed by atoms with Crippen molar-refractivity contribution in [1.29, 1.82) is 0 Å². The average Bonchev–Trinajstić information content (AvgIpc) is 3.06. The van der Waals surface area contributed by atoms with Crippen molar-refractivity contribution in [2.45, 2.75) is 26.4 Å². The Morgan fingerprint density at radius 1 is 1.09 bits per heavy atom. The lowest BCUT2D eigenvalue weighted by Gasteiger charge is -2.26. The molecule has 174 valence electrons. The Morgan fingerprint density at radius 3 is 2.47 bits per heavy atom. The summed E-state index contributed by atoms with van der Waals surface area (Å²) in [6, 6.07) is 11.4. The van der Waals surface area contributed by atoms with Gasteiger partial charge in [0.25, 0.3) is 11.7 Å². The lowest BCUT2D eigenvalue weighted by Crippen LogP contribution is -2.29. The lowest BCUT2D eigenvalue weighted by atomic mass is 9.95. The van der Waals surface area contributed by atoms with Gasteiger partial charge in [-0.05, 0) is 54.8 Å². The number of pyridine rings is 1. The summed E-state index contributed by atoms with van der Waals surface area (Å²) in [6.07, 6.45) is 3.15. The first-order chi connectivity index (χ1) is 16.2. The van der Waals surface area contributed by atoms with Gasteiger partial charge < -0.3 is 14.7 Å². The normalized spacial score (nSPS) is 17.3. The summed E-state index contributed by atoms with van der Waals surface area (Å²) < 4.78 is 5.36. The van der Waals surface area contributed by atoms with E-state index in [0.29, 0.717) is 5.56 Å². The molecule has 1 aliphatic rings. The van der Waals surface area contributed by atoms with Crippen LogP contribution in [-0.2, 0) is 16.1 Å². The molecule has 6 nitrogen and oxygen atoms in total. The first-order valence-corrected chi connectivity index (χ1v) is 11.3. The number of carbonyl (C=O) groups excluding carboxylic acids is 2. The largest absolute Gasteiger partial charge is 0.507 e. The summed E-state index contributed by atoms with van der Waals surface area (Å²) in [5, 5.41) is 11.8. The summed E-state index contributed by atoms with van der Waals surface area (Å²) in [4.78, 5) is 32.1. The van der Waals surface area contributed by atoms with Crippen LogP contribution >= 0.6 is 23.2 Å². The number of likely N-dealkylation sites (tertiary alicyclic amines) is 1. The monoisotopic (exact) mass is 496 g/mol. The van der Waals surface area contributed by atoms with Crippen molar-refractivity contribution >= 4 is 40.7 Å². The molecule has 0 aliphatic carbocycles. The number of hydrogen-bond acceptors (Lipinski definition) is 5. The number of rotatable bonds is 5. The van der Waals surface area contributed by atoms with Gasteiger partial charge in [0.1, 0.15) is 11.5 Å². The minimum absolute atomic E-state index is 0.0712. The number of benzene rings is 2. The minimum Gasteiger partial charge on any atom is -0.507 e. The van der Waals surface area contributed by atoms with Crippen LogP contribution in [0.2, 0.25) is 10.0 Å². The number of ketones is 1. The fourth-order valence-corrected chi connectivity index (χ4v) is 4.75. The average molecular weight is 497 g/mol. The molecule has 1 atom stereocenters. The van der Waals surface area contributed by atoms with E-state index < -0.39 is 23.5 Å². The van der Waals surface area contributed by atoms with Gasteiger partial charge >= 0.3 is 0 Å². The second kappa shape index (κ2) is 9.49. The van der Waals surface area contributed by atoms with Crippen LogP contribution in [0.1, 0.15) is 33.9 Å². The fraction of sp³-hybridized carbons (Fsp3) is 0.192. The molecule has 34 heavy (non-hydrogen) atoms. The third-order valence-corrected chi connectivity index (χ3v) is 6.37. The van der Waals surface area contributed by atoms with Crippen LogP contribution in [0.15, 0.2) is 60.4 Å². The summed E-state index contributed by atoms with van der Waals surface area (Å²) >= 11 is 12.4. The van der Waals surface area contributed by atoms with E-state index in [-0.39, 0.29) is 33.5 Å². The topological polar surface area (TPSA) is 79.7 Å². The molecule has 0 spiro atoms. The number of aryl methyl sites for hydroxylation is 2. The van der Waals surface area contributed by atoms with E-state index in [2.05, 4.69) is 4.98 Å². The Kier molecular flexibility index (Phi) is 6.64. The number of Topliss-reactive ketones (excluding diaryl/α,β-unsaturated/α-hetero) is 1. The molecular weight excluding hydrogens is 475 g/mol. The molecule has 2 heterocycles. The summed E-state index contributed by atoms with van der Waals surface area (Å²) in [7, 11) is 1.39. The Bertz CT molecular complexity index is 1320. The Labute approximate surface area is 207 Å². The van der Waals surface area contributed by atoms with E-state index in [4.69, 9.17) is 27.9 Å². The highest BCUT2D eigenvalue weighted by Gasteiger charge is 2.46. The van der Waals surface area contributed by atoms with Crippen LogP contribution in [-0.4, -0.2) is 33.8 Å². The predicted octanol–water partition coefficient (Wildman–Crippen LogP) is 5.64. The molecule has 1 aliphatic heterocycles. The van der Waals surface area contributed by atoms with E-state index in [1.54, 1.807) is 24.5 Å². The second-order valence-corrected chi connectivity index (χ2v) is 8.95. The van der Waals surface area contributed by atoms with Gasteiger partial charge in [0.2, 0.25) is 0 Å². The number of aromatic nitrogens is 1. The van der Waals surface area contributed by atoms with Gasteiger partial charge in [-0.1, -0.05) is 47.0 Å². The predicted molar refractivity (Wildman–Crippen MR) is 131 cm³/mol. The number of ether oxygens (including phenoxy) is 1. The van der Waals surface area contributed by atoms with Gasteiger partial charge in [0.05, 0.1) is 29.3 Å². The van der Waals surface area contributed by atoms with Crippen LogP contribution in [0.4, 0.5) is 0 Å². The highest BCUT2D eigenvalue weighted by Crippen LogP contribution is 2.43. The van der Waals surface area contributed by atoms with Gasteiger partial charge in [0, 0.05) is 24.0 Å². The van der Waals surface area contributed by atoms with Gasteiger partial charge in [-0.15, -0.1) is 0 Å². The van der Waals surface area contributed by atoms with Crippen molar-refractivity contribution in [2.75, 3.05) is 7.11 Å². The molecule has 0 bridgehead atoms. The van der Waals surface area contributed by atoms with Crippen LogP contribution < -0.4 is 4.74 Å². The lowest BCUT2D eigenvalue weighted by molar-refractivity contribution is -0.140. The molecule has 8 heteroatoms. The van der Waals surface area contributed by atoms with Crippen LogP contribution in [0.5, 0.6) is 5.75 Å². The van der Waals surface area contributed by atoms with E-state index in [0.717, 1.165) is 16.7 Å². The summed E-state index contributed by atoms with van der Waals surface area (Å²) in [5.41, 5.74) is 3.62. The number of aliphatic hydroxyl groups is 1. The SMILES string of the molecule is COc1c(Cl)cc(Cl)cc1/C(O)=C1\C(=O)C(=O)N(Cc2cc(C)ccc2C)C1c1ccncc1. The molecule has 3 aromatic rings. The number of hydrogen-bond donors (Lipinski definition) is 1. The first kappa shape index (κ1) is 23.8. The zero-order valence-electron chi connectivity index (χ0n) is 18.8. The zero-order valence-corrected chi connectivity index (χ0v) is 20.3. The molecule has 0 radical (unpaired) electrons. The van der Waals surface area contributed by atoms with Crippen molar-refractivity contribution < 1.29 is 19.4 Å². The third-order valence-electron chi connectivity index (χ3n) is 5.87. The van der Waals surface area contributed by atoms with E-state index in [9.17, 15) is 14.7 Å². The van der Waals surface area contributed by atoms with Crippen molar-refractivity contribution in [3.63, 3.8) is 0 Å². The number of halogens is 2. The number of carbonyl (C=O) groups is 2. The van der Waals surface area contributed by atoms with Crippen LogP contribution in [0, 0.1) is 13.8 Å². The second-order valence-electron chi connectivity index (χ2n) is 8.11. The van der Waals surface area contributed by atoms with Gasteiger partial charge in [-0.2, -0.15) is 0 Å². The van der Waals surface area contributed by atoms with Gasteiger partial charge in [-0.3, -0.25) is 14.6 Å². The molecular formula is C26H22Cl2N2O4. The Hall–Kier alpha value is -3.35. The van der Waals surface area contributed by atoms with Crippen molar-refractivity contribution in [3.05, 3.63) is 98.3 Å². The molecule has 1 N–H and O–H groups in total. The summed E-state index contributed by atoms with van der Waals surface area (Å²) in [6.45, 7) is 4.10. The minimum atomic E-state index is -0.842. The van der Waals surface area contributed by atoms with E-state index in [1.807, 2.05) is 32.0 Å². The smallest absolute Gasteiger partial charge is 0.295 e. The zero-order chi connectivity index (χ0) is 24.6. The molecule has 1 saturated heterocycles. The number of methoxy groups -OCH3 is 1. The molecule has 0 saturated carbocycles. The van der Waals surface area contributed by atoms with Crippen LogP contribution in [0.3, 0.4) is 0 Å². The van der Waals surface area contributed by atoms with Crippen LogP contribution in [0.25, 0.3) is 5.76 Å². The Morgan fingerprint density at radius 2 is 1.79 bits per heavy atom. The van der Waals surface area contributed by atoms with Crippen molar-refractivity contribution in [1.82, 2.24) is 9.88 Å². The standard InChI is InChI=1S/C26H22Cl2N2O4/c1-14-4-5-15(2)17(10-14)13-30-22(16-6-8-29-9-7-16)21(24(32)26(30)33)23(31)19-11-18(27)12-20(28)25(19)34-3/h4-12,22,31H,13H2,1-3H3/b23-21+. The Balaban J connectivity index is 1.93.